The van der Waals surface area contributed by atoms with Gasteiger partial charge in [0.2, 0.25) is 5.91 Å². The molecule has 3 rings (SSSR count). The van der Waals surface area contributed by atoms with E-state index in [0.717, 1.165) is 22.0 Å². The number of fused-ring (bicyclic) bond motifs is 1. The Labute approximate surface area is 224 Å². The van der Waals surface area contributed by atoms with Crippen molar-refractivity contribution in [1.29, 1.82) is 0 Å². The summed E-state index contributed by atoms with van der Waals surface area (Å²) in [5.74, 6) is 4.73. The summed E-state index contributed by atoms with van der Waals surface area (Å²) in [6.45, 7) is 5.96. The third-order valence-electron chi connectivity index (χ3n) is 6.66. The number of ether oxygens (including phenoxy) is 1. The Bertz CT molecular complexity index is 1360. The molecule has 0 radical (unpaired) electrons. The molecule has 0 aromatic heterocycles. The van der Waals surface area contributed by atoms with Gasteiger partial charge >= 0.3 is 6.18 Å². The number of halogens is 3. The van der Waals surface area contributed by atoms with Crippen LogP contribution in [0.15, 0.2) is 47.4 Å². The standard InChI is InChI=1S/C25H31F3N4O6S/c1-15-6-9-18(10-7-15)39(36,37)31-14-17(13-23(2,3)21(33)30-29)38-20-11-8-16(12-19(20)31)32(22(34)35)24(4,5)25(26,27)28/h6-12,17H,13-14,29H2,1-5H3,(H,30,33)(H,34,35)/p-1/t17-/m0/s1. The van der Waals surface area contributed by atoms with Crippen LogP contribution in [-0.2, 0) is 14.8 Å². The highest BCUT2D eigenvalue weighted by atomic mass is 32.2. The van der Waals surface area contributed by atoms with E-state index in [1.807, 2.05) is 0 Å². The number of nitrogens with two attached hydrogens (primary N) is 1. The van der Waals surface area contributed by atoms with E-state index in [2.05, 4.69) is 5.43 Å². The molecule has 1 heterocycles. The molecular formula is C25H30F3N4O6S-. The number of anilines is 2. The van der Waals surface area contributed by atoms with Gasteiger partial charge in [0.1, 0.15) is 23.5 Å². The van der Waals surface area contributed by atoms with Crippen LogP contribution in [0.5, 0.6) is 5.75 Å². The molecule has 39 heavy (non-hydrogen) atoms. The van der Waals surface area contributed by atoms with Crippen molar-refractivity contribution in [2.24, 2.45) is 11.3 Å². The minimum absolute atomic E-state index is 0.0186. The number of hydrazine groups is 1. The second kappa shape index (κ2) is 10.2. The Morgan fingerprint density at radius 1 is 1.13 bits per heavy atom. The number of nitrogens with zero attached hydrogens (tertiary/aromatic N) is 2. The Kier molecular flexibility index (Phi) is 7.87. The smallest absolute Gasteiger partial charge is 0.411 e. The summed E-state index contributed by atoms with van der Waals surface area (Å²) in [4.78, 5) is 24.1. The second-order valence-corrected chi connectivity index (χ2v) is 12.3. The summed E-state index contributed by atoms with van der Waals surface area (Å²) in [6.07, 6.45) is -7.94. The van der Waals surface area contributed by atoms with Crippen LogP contribution >= 0.6 is 0 Å². The van der Waals surface area contributed by atoms with E-state index in [9.17, 15) is 36.3 Å². The van der Waals surface area contributed by atoms with E-state index in [1.165, 1.54) is 18.2 Å². The Balaban J connectivity index is 2.18. The van der Waals surface area contributed by atoms with E-state index in [0.29, 0.717) is 13.8 Å². The first-order valence-electron chi connectivity index (χ1n) is 11.8. The molecule has 214 valence electrons. The maximum absolute atomic E-state index is 13.8. The van der Waals surface area contributed by atoms with Crippen molar-refractivity contribution in [2.75, 3.05) is 15.7 Å². The molecule has 1 aliphatic rings. The first-order chi connectivity index (χ1) is 17.8. The van der Waals surface area contributed by atoms with Gasteiger partial charge in [-0.25, -0.2) is 14.3 Å². The Morgan fingerprint density at radius 3 is 2.23 bits per heavy atom. The van der Waals surface area contributed by atoms with Crippen LogP contribution in [0.25, 0.3) is 0 Å². The maximum Gasteiger partial charge on any atom is 0.411 e. The van der Waals surface area contributed by atoms with Crippen LogP contribution in [0.2, 0.25) is 0 Å². The zero-order valence-electron chi connectivity index (χ0n) is 22.0. The first-order valence-corrected chi connectivity index (χ1v) is 13.3. The van der Waals surface area contributed by atoms with Gasteiger partial charge in [-0.15, -0.1) is 0 Å². The molecule has 14 heteroatoms. The summed E-state index contributed by atoms with van der Waals surface area (Å²) in [5, 5.41) is 11.9. The van der Waals surface area contributed by atoms with Gasteiger partial charge < -0.3 is 19.5 Å². The summed E-state index contributed by atoms with van der Waals surface area (Å²) < 4.78 is 75.8. The normalized spacial score (nSPS) is 16.2. The Morgan fingerprint density at radius 2 is 1.72 bits per heavy atom. The fraction of sp³-hybridized carbons (Fsp3) is 0.440. The van der Waals surface area contributed by atoms with Gasteiger partial charge in [0.05, 0.1) is 17.1 Å². The minimum Gasteiger partial charge on any atom is -0.530 e. The van der Waals surface area contributed by atoms with Crippen molar-refractivity contribution < 1.29 is 41.0 Å². The molecule has 0 unspecified atom stereocenters. The quantitative estimate of drug-likeness (QED) is 0.295. The molecule has 1 aliphatic heterocycles. The first kappa shape index (κ1) is 30.0. The second-order valence-electron chi connectivity index (χ2n) is 10.5. The number of aryl methyl sites for hydroxylation is 1. The molecule has 0 saturated heterocycles. The van der Waals surface area contributed by atoms with Crippen molar-refractivity contribution in [3.63, 3.8) is 0 Å². The highest BCUT2D eigenvalue weighted by Crippen LogP contribution is 2.44. The zero-order valence-corrected chi connectivity index (χ0v) is 22.8. The number of amides is 2. The third kappa shape index (κ3) is 5.76. The average molecular weight is 572 g/mol. The van der Waals surface area contributed by atoms with Gasteiger partial charge in [-0.2, -0.15) is 13.2 Å². The lowest BCUT2D eigenvalue weighted by molar-refractivity contribution is -0.254. The van der Waals surface area contributed by atoms with Gasteiger partial charge in [-0.3, -0.25) is 14.5 Å². The molecule has 0 bridgehead atoms. The lowest BCUT2D eigenvalue weighted by Crippen LogP contribution is -2.60. The molecule has 10 nitrogen and oxygen atoms in total. The van der Waals surface area contributed by atoms with Crippen molar-refractivity contribution >= 4 is 33.4 Å². The zero-order chi connectivity index (χ0) is 29.6. The number of nitrogens with one attached hydrogen (secondary N) is 1. The van der Waals surface area contributed by atoms with E-state index < -0.39 is 50.9 Å². The van der Waals surface area contributed by atoms with Gasteiger partial charge in [0.15, 0.2) is 0 Å². The average Bonchev–Trinajstić information content (AvgIpc) is 2.82. The number of hydrogen-bond donors (Lipinski definition) is 2. The number of carbonyl (C=O) groups excluding carboxylic acids is 2. The molecule has 0 fully saturated rings. The number of alkyl halides is 3. The molecular weight excluding hydrogens is 541 g/mol. The van der Waals surface area contributed by atoms with Crippen molar-refractivity contribution in [2.45, 2.75) is 63.8 Å². The van der Waals surface area contributed by atoms with E-state index in [1.54, 1.807) is 32.9 Å². The summed E-state index contributed by atoms with van der Waals surface area (Å²) in [7, 11) is -4.31. The summed E-state index contributed by atoms with van der Waals surface area (Å²) in [6, 6.07) is 9.18. The van der Waals surface area contributed by atoms with E-state index in [4.69, 9.17) is 10.6 Å². The van der Waals surface area contributed by atoms with Crippen molar-refractivity contribution in [3.05, 3.63) is 48.0 Å². The largest absolute Gasteiger partial charge is 0.530 e. The predicted octanol–water partition coefficient (Wildman–Crippen LogP) is 2.85. The molecule has 3 N–H and O–H groups in total. The topological polar surface area (TPSA) is 145 Å². The number of sulfonamides is 1. The number of benzene rings is 2. The van der Waals surface area contributed by atoms with Crippen LogP contribution in [0, 0.1) is 12.3 Å². The number of carboxylic acid groups (broad SMARTS) is 1. The lowest BCUT2D eigenvalue weighted by atomic mass is 9.85. The van der Waals surface area contributed by atoms with Gasteiger partial charge in [0, 0.05) is 11.1 Å². The third-order valence-corrected chi connectivity index (χ3v) is 8.45. The predicted molar refractivity (Wildman–Crippen MR) is 135 cm³/mol. The number of carbonyl (C=O) groups is 2. The SMILES string of the molecule is Cc1ccc(S(=O)(=O)N2C[C@H](CC(C)(C)C(=O)NN)Oc3ccc(N(C(=O)[O-])C(C)(C)C(F)(F)F)cc32)cc1. The maximum atomic E-state index is 13.8. The van der Waals surface area contributed by atoms with Crippen LogP contribution in [0.1, 0.15) is 39.7 Å². The van der Waals surface area contributed by atoms with Crippen LogP contribution in [0.4, 0.5) is 29.3 Å². The highest BCUT2D eigenvalue weighted by Gasteiger charge is 2.52. The van der Waals surface area contributed by atoms with E-state index >= 15 is 0 Å². The van der Waals surface area contributed by atoms with Gasteiger partial charge in [-0.1, -0.05) is 31.5 Å². The van der Waals surface area contributed by atoms with Gasteiger partial charge in [0.25, 0.3) is 10.0 Å². The molecule has 0 saturated carbocycles. The molecule has 0 aliphatic carbocycles. The van der Waals surface area contributed by atoms with Crippen LogP contribution in [-0.4, -0.2) is 44.8 Å². The van der Waals surface area contributed by atoms with Gasteiger partial charge in [-0.05, 0) is 57.5 Å². The lowest BCUT2D eigenvalue weighted by Gasteiger charge is -2.43. The fourth-order valence-electron chi connectivity index (χ4n) is 4.25. The number of rotatable bonds is 7. The Hall–Kier alpha value is -3.52. The fourth-order valence-corrected chi connectivity index (χ4v) is 5.75. The highest BCUT2D eigenvalue weighted by molar-refractivity contribution is 7.92. The molecule has 0 spiro atoms. The number of hydrogen-bond acceptors (Lipinski definition) is 7. The van der Waals surface area contributed by atoms with Crippen molar-refractivity contribution in [1.82, 2.24) is 5.43 Å². The monoisotopic (exact) mass is 571 g/mol. The van der Waals surface area contributed by atoms with E-state index in [-0.39, 0.29) is 34.2 Å². The molecule has 2 amide bonds. The van der Waals surface area contributed by atoms with Crippen molar-refractivity contribution in [3.8, 4) is 5.75 Å². The van der Waals surface area contributed by atoms with Crippen LogP contribution in [0.3, 0.4) is 0 Å². The molecule has 2 aromatic rings. The van der Waals surface area contributed by atoms with Crippen LogP contribution < -0.4 is 30.3 Å². The minimum atomic E-state index is -4.98. The summed E-state index contributed by atoms with van der Waals surface area (Å²) in [5.41, 5.74) is -1.76. The summed E-state index contributed by atoms with van der Waals surface area (Å²) >= 11 is 0. The molecule has 2 aromatic carbocycles. The molecule has 1 atom stereocenters.